The predicted molar refractivity (Wildman–Crippen MR) is 81.1 cm³/mol. The first-order chi connectivity index (χ1) is 7.61. The lowest BCUT2D eigenvalue weighted by molar-refractivity contribution is 1.27. The quantitative estimate of drug-likeness (QED) is 0.437. The van der Waals surface area contributed by atoms with Crippen molar-refractivity contribution in [1.82, 2.24) is 0 Å². The van der Waals surface area contributed by atoms with E-state index in [1.807, 2.05) is 35.3 Å². The highest BCUT2D eigenvalue weighted by molar-refractivity contribution is 8.34. The Morgan fingerprint density at radius 2 is 1.38 bits per heavy atom. The molecule has 0 spiro atoms. The average Bonchev–Trinajstić information content (AvgIpc) is 2.74. The molecule has 2 nitrogen and oxygen atoms in total. The molecule has 16 heavy (non-hydrogen) atoms. The SMILES string of the molecule is CC1=C(C)SC(=C2SC(C)=C(/C=N/N)S2)S1. The van der Waals surface area contributed by atoms with Crippen molar-refractivity contribution in [3.63, 3.8) is 0 Å². The maximum Gasteiger partial charge on any atom is 0.0703 e. The second-order valence-corrected chi connectivity index (χ2v) is 8.54. The first-order valence-corrected chi connectivity index (χ1v) is 7.95. The topological polar surface area (TPSA) is 38.4 Å². The number of allylic oxidation sites excluding steroid dienone is 4. The van der Waals surface area contributed by atoms with Crippen molar-refractivity contribution >= 4 is 53.3 Å². The maximum atomic E-state index is 5.19. The lowest BCUT2D eigenvalue weighted by Crippen LogP contribution is -1.83. The zero-order valence-electron chi connectivity index (χ0n) is 9.23. The molecule has 0 aromatic heterocycles. The van der Waals surface area contributed by atoms with Gasteiger partial charge in [-0.15, -0.1) is 0 Å². The molecule has 2 aliphatic heterocycles. The van der Waals surface area contributed by atoms with E-state index in [9.17, 15) is 0 Å². The Morgan fingerprint density at radius 1 is 0.875 bits per heavy atom. The summed E-state index contributed by atoms with van der Waals surface area (Å²) in [5, 5.41) is 3.60. The molecule has 0 saturated carbocycles. The normalized spacial score (nSPS) is 22.2. The molecule has 0 atom stereocenters. The van der Waals surface area contributed by atoms with Gasteiger partial charge >= 0.3 is 0 Å². The number of nitrogens with zero attached hydrogens (tertiary/aromatic N) is 1. The molecule has 0 radical (unpaired) electrons. The number of hydrogen-bond donors (Lipinski definition) is 1. The second kappa shape index (κ2) is 5.16. The molecular weight excluding hydrogens is 276 g/mol. The van der Waals surface area contributed by atoms with Crippen LogP contribution in [0.4, 0.5) is 0 Å². The van der Waals surface area contributed by atoms with Gasteiger partial charge in [0.05, 0.1) is 14.7 Å². The average molecular weight is 288 g/mol. The number of hydrazone groups is 1. The smallest absolute Gasteiger partial charge is 0.0703 e. The van der Waals surface area contributed by atoms with Gasteiger partial charge < -0.3 is 5.84 Å². The Kier molecular flexibility index (Phi) is 4.05. The van der Waals surface area contributed by atoms with Gasteiger partial charge in [0.15, 0.2) is 0 Å². The second-order valence-electron chi connectivity index (χ2n) is 3.29. The first-order valence-electron chi connectivity index (χ1n) is 4.69. The van der Waals surface area contributed by atoms with Gasteiger partial charge in [-0.2, -0.15) is 5.10 Å². The van der Waals surface area contributed by atoms with E-state index in [0.717, 1.165) is 0 Å². The van der Waals surface area contributed by atoms with Gasteiger partial charge in [-0.05, 0) is 30.6 Å². The first kappa shape index (κ1) is 12.5. The summed E-state index contributed by atoms with van der Waals surface area (Å²) in [6.07, 6.45) is 1.73. The molecular formula is C10H12N2S4. The van der Waals surface area contributed by atoms with E-state index >= 15 is 0 Å². The van der Waals surface area contributed by atoms with Crippen LogP contribution in [-0.2, 0) is 0 Å². The summed E-state index contributed by atoms with van der Waals surface area (Å²) < 4.78 is 2.75. The Balaban J connectivity index is 2.16. The summed E-state index contributed by atoms with van der Waals surface area (Å²) in [6, 6.07) is 0. The van der Waals surface area contributed by atoms with Crippen LogP contribution in [0.5, 0.6) is 0 Å². The van der Waals surface area contributed by atoms with E-state index in [0.29, 0.717) is 0 Å². The molecule has 2 heterocycles. The lowest BCUT2D eigenvalue weighted by atomic mass is 10.5. The third kappa shape index (κ3) is 2.50. The summed E-state index contributed by atoms with van der Waals surface area (Å²) >= 11 is 7.33. The molecule has 0 aliphatic carbocycles. The van der Waals surface area contributed by atoms with Gasteiger partial charge in [0, 0.05) is 9.81 Å². The third-order valence-electron chi connectivity index (χ3n) is 2.14. The fraction of sp³-hybridized carbons (Fsp3) is 0.300. The minimum absolute atomic E-state index is 1.17. The van der Waals surface area contributed by atoms with Crippen LogP contribution >= 0.6 is 47.0 Å². The monoisotopic (exact) mass is 288 g/mol. The van der Waals surface area contributed by atoms with Crippen molar-refractivity contribution in [2.45, 2.75) is 20.8 Å². The van der Waals surface area contributed by atoms with Crippen molar-refractivity contribution in [3.8, 4) is 0 Å². The van der Waals surface area contributed by atoms with Gasteiger partial charge in [0.1, 0.15) is 0 Å². The molecule has 2 aliphatic rings. The van der Waals surface area contributed by atoms with Crippen LogP contribution in [0.15, 0.2) is 33.2 Å². The molecule has 2 N–H and O–H groups in total. The standard InChI is InChI=1S/C10H12N2S4/c1-5-6(2)14-9(13-5)10-15-7(3)8(16-10)4-12-11/h4H,11H2,1-3H3/b12-4+. The molecule has 0 amide bonds. The number of nitrogens with two attached hydrogens (primary N) is 1. The number of hydrogen-bond acceptors (Lipinski definition) is 6. The largest absolute Gasteiger partial charge is 0.323 e. The molecule has 0 fully saturated rings. The van der Waals surface area contributed by atoms with Crippen LogP contribution < -0.4 is 5.84 Å². The van der Waals surface area contributed by atoms with E-state index in [-0.39, 0.29) is 0 Å². The molecule has 0 aromatic rings. The molecule has 0 saturated heterocycles. The van der Waals surface area contributed by atoms with Crippen molar-refractivity contribution in [2.75, 3.05) is 0 Å². The minimum Gasteiger partial charge on any atom is -0.323 e. The van der Waals surface area contributed by atoms with Crippen molar-refractivity contribution in [1.29, 1.82) is 0 Å². The Morgan fingerprint density at radius 3 is 1.94 bits per heavy atom. The predicted octanol–water partition coefficient (Wildman–Crippen LogP) is 4.50. The van der Waals surface area contributed by atoms with Crippen molar-refractivity contribution in [2.24, 2.45) is 10.9 Å². The van der Waals surface area contributed by atoms with Gasteiger partial charge in [-0.3, -0.25) is 0 Å². The minimum atomic E-state index is 1.17. The number of thioether (sulfide) groups is 4. The zero-order chi connectivity index (χ0) is 11.7. The van der Waals surface area contributed by atoms with Crippen LogP contribution in [0, 0.1) is 0 Å². The summed E-state index contributed by atoms with van der Waals surface area (Å²) in [5.74, 6) is 5.19. The van der Waals surface area contributed by atoms with Crippen molar-refractivity contribution < 1.29 is 0 Å². The van der Waals surface area contributed by atoms with E-state index in [4.69, 9.17) is 5.84 Å². The van der Waals surface area contributed by atoms with Gasteiger partial charge in [-0.25, -0.2) is 0 Å². The summed E-state index contributed by atoms with van der Waals surface area (Å²) in [4.78, 5) is 5.27. The Bertz CT molecular complexity index is 430. The summed E-state index contributed by atoms with van der Waals surface area (Å²) in [6.45, 7) is 6.46. The Hall–Kier alpha value is 0.0900. The molecule has 0 unspecified atom stereocenters. The van der Waals surface area contributed by atoms with Gasteiger partial charge in [-0.1, -0.05) is 47.0 Å². The molecule has 6 heteroatoms. The molecule has 86 valence electrons. The summed E-state index contributed by atoms with van der Waals surface area (Å²) in [7, 11) is 0. The van der Waals surface area contributed by atoms with Gasteiger partial charge in [0.2, 0.25) is 0 Å². The highest BCUT2D eigenvalue weighted by atomic mass is 32.2. The fourth-order valence-electron chi connectivity index (χ4n) is 1.18. The highest BCUT2D eigenvalue weighted by Gasteiger charge is 2.25. The van der Waals surface area contributed by atoms with Gasteiger partial charge in [0.25, 0.3) is 0 Å². The van der Waals surface area contributed by atoms with Crippen molar-refractivity contribution in [3.05, 3.63) is 28.1 Å². The number of rotatable bonds is 1. The fourth-order valence-corrected chi connectivity index (χ4v) is 6.47. The van der Waals surface area contributed by atoms with E-state index in [1.165, 1.54) is 28.1 Å². The summed E-state index contributed by atoms with van der Waals surface area (Å²) in [5.41, 5.74) is 0. The van der Waals surface area contributed by atoms with E-state index < -0.39 is 0 Å². The van der Waals surface area contributed by atoms with E-state index in [2.05, 4.69) is 25.9 Å². The molecule has 0 aromatic carbocycles. The Labute approximate surface area is 113 Å². The van der Waals surface area contributed by atoms with E-state index in [1.54, 1.807) is 18.0 Å². The van der Waals surface area contributed by atoms with Crippen LogP contribution in [0.2, 0.25) is 0 Å². The van der Waals surface area contributed by atoms with Crippen LogP contribution in [0.1, 0.15) is 20.8 Å². The zero-order valence-corrected chi connectivity index (χ0v) is 12.5. The molecule has 2 rings (SSSR count). The molecule has 0 bridgehead atoms. The van der Waals surface area contributed by atoms with Crippen LogP contribution in [-0.4, -0.2) is 6.21 Å². The van der Waals surface area contributed by atoms with Crippen LogP contribution in [0.25, 0.3) is 0 Å². The third-order valence-corrected chi connectivity index (χ3v) is 7.86. The highest BCUT2D eigenvalue weighted by Crippen LogP contribution is 2.59. The maximum absolute atomic E-state index is 5.19. The lowest BCUT2D eigenvalue weighted by Gasteiger charge is -2.00. The van der Waals surface area contributed by atoms with Crippen LogP contribution in [0.3, 0.4) is 0 Å².